The van der Waals surface area contributed by atoms with Crippen LogP contribution in [0.1, 0.15) is 31.7 Å². The first-order valence-corrected chi connectivity index (χ1v) is 6.92. The van der Waals surface area contributed by atoms with Crippen LogP contribution in [0.25, 0.3) is 0 Å². The Kier molecular flexibility index (Phi) is 3.02. The predicted octanol–water partition coefficient (Wildman–Crippen LogP) is 3.17. The number of halogens is 1. The van der Waals surface area contributed by atoms with E-state index in [1.807, 2.05) is 19.1 Å². The molecule has 1 heterocycles. The van der Waals surface area contributed by atoms with Crippen molar-refractivity contribution in [2.45, 2.75) is 51.2 Å². The van der Waals surface area contributed by atoms with Crippen LogP contribution in [0.2, 0.25) is 0 Å². The van der Waals surface area contributed by atoms with Crippen LogP contribution in [-0.2, 0) is 0 Å². The van der Waals surface area contributed by atoms with Gasteiger partial charge in [-0.25, -0.2) is 4.39 Å². The van der Waals surface area contributed by atoms with E-state index in [1.165, 1.54) is 12.8 Å². The molecule has 2 aliphatic rings. The summed E-state index contributed by atoms with van der Waals surface area (Å²) in [7, 11) is 0. The summed E-state index contributed by atoms with van der Waals surface area (Å²) < 4.78 is 13.7. The fourth-order valence-electron chi connectivity index (χ4n) is 3.05. The van der Waals surface area contributed by atoms with Crippen molar-refractivity contribution in [3.05, 3.63) is 29.6 Å². The van der Waals surface area contributed by atoms with Crippen LogP contribution >= 0.6 is 0 Å². The van der Waals surface area contributed by atoms with Gasteiger partial charge in [0.1, 0.15) is 5.82 Å². The summed E-state index contributed by atoms with van der Waals surface area (Å²) in [6.45, 7) is 5.34. The number of hydrogen-bond donors (Lipinski definition) is 1. The highest BCUT2D eigenvalue weighted by atomic mass is 19.1. The van der Waals surface area contributed by atoms with E-state index in [1.54, 1.807) is 6.07 Å². The van der Waals surface area contributed by atoms with Gasteiger partial charge in [-0.05, 0) is 50.8 Å². The lowest BCUT2D eigenvalue weighted by molar-refractivity contribution is 0.257. The van der Waals surface area contributed by atoms with Crippen LogP contribution in [0, 0.1) is 12.7 Å². The maximum absolute atomic E-state index is 13.7. The maximum Gasteiger partial charge on any atom is 0.146 e. The molecule has 1 N–H and O–H groups in total. The van der Waals surface area contributed by atoms with E-state index in [2.05, 4.69) is 17.1 Å². The minimum Gasteiger partial charge on any atom is -0.379 e. The summed E-state index contributed by atoms with van der Waals surface area (Å²) in [6.07, 6.45) is 3.80. The third-order valence-electron chi connectivity index (χ3n) is 4.12. The molecule has 1 aliphatic carbocycles. The predicted molar refractivity (Wildman–Crippen MR) is 72.4 cm³/mol. The zero-order valence-corrected chi connectivity index (χ0v) is 11.1. The first-order valence-electron chi connectivity index (χ1n) is 6.92. The van der Waals surface area contributed by atoms with Gasteiger partial charge in [0.05, 0.1) is 5.69 Å². The van der Waals surface area contributed by atoms with Gasteiger partial charge in [-0.2, -0.15) is 0 Å². The van der Waals surface area contributed by atoms with Crippen LogP contribution < -0.4 is 5.32 Å². The Morgan fingerprint density at radius 2 is 2.11 bits per heavy atom. The lowest BCUT2D eigenvalue weighted by atomic mass is 10.1. The number of nitrogens with zero attached hydrogens (tertiary/aromatic N) is 1. The number of benzene rings is 1. The Bertz CT molecular complexity index is 442. The molecule has 1 saturated carbocycles. The molecule has 98 valence electrons. The van der Waals surface area contributed by atoms with Crippen LogP contribution in [0.4, 0.5) is 10.1 Å². The van der Waals surface area contributed by atoms with E-state index in [0.29, 0.717) is 17.8 Å². The molecular weight excluding hydrogens is 227 g/mol. The van der Waals surface area contributed by atoms with E-state index in [0.717, 1.165) is 24.6 Å². The van der Waals surface area contributed by atoms with Gasteiger partial charge in [-0.1, -0.05) is 6.07 Å². The Hall–Kier alpha value is -1.09. The summed E-state index contributed by atoms with van der Waals surface area (Å²) >= 11 is 0. The van der Waals surface area contributed by atoms with E-state index in [-0.39, 0.29) is 5.82 Å². The molecule has 1 aromatic carbocycles. The zero-order chi connectivity index (χ0) is 12.7. The van der Waals surface area contributed by atoms with Gasteiger partial charge in [0.15, 0.2) is 0 Å². The zero-order valence-electron chi connectivity index (χ0n) is 11.1. The fraction of sp³-hybridized carbons (Fsp3) is 0.600. The minimum atomic E-state index is -0.141. The second-order valence-electron chi connectivity index (χ2n) is 5.84. The van der Waals surface area contributed by atoms with Gasteiger partial charge >= 0.3 is 0 Å². The highest BCUT2D eigenvalue weighted by Crippen LogP contribution is 2.34. The highest BCUT2D eigenvalue weighted by Gasteiger charge is 2.38. The number of aryl methyl sites for hydroxylation is 1. The normalized spacial score (nSPS) is 28.6. The van der Waals surface area contributed by atoms with Crippen molar-refractivity contribution in [1.82, 2.24) is 4.90 Å². The van der Waals surface area contributed by atoms with Crippen molar-refractivity contribution in [2.24, 2.45) is 0 Å². The highest BCUT2D eigenvalue weighted by molar-refractivity contribution is 5.48. The molecule has 0 bridgehead atoms. The van der Waals surface area contributed by atoms with E-state index in [4.69, 9.17) is 0 Å². The number of anilines is 1. The first kappa shape index (κ1) is 12.0. The molecular formula is C15H21FN2. The van der Waals surface area contributed by atoms with E-state index < -0.39 is 0 Å². The molecule has 1 aromatic rings. The molecule has 3 rings (SSSR count). The fourth-order valence-corrected chi connectivity index (χ4v) is 3.05. The second kappa shape index (κ2) is 4.54. The number of nitrogens with one attached hydrogen (secondary N) is 1. The third-order valence-corrected chi connectivity index (χ3v) is 4.12. The average Bonchev–Trinajstić information content (AvgIpc) is 3.09. The second-order valence-corrected chi connectivity index (χ2v) is 5.84. The summed E-state index contributed by atoms with van der Waals surface area (Å²) in [6, 6.07) is 7.08. The Balaban J connectivity index is 1.68. The monoisotopic (exact) mass is 248 g/mol. The van der Waals surface area contributed by atoms with Crippen molar-refractivity contribution in [2.75, 3.05) is 11.9 Å². The Morgan fingerprint density at radius 3 is 2.83 bits per heavy atom. The molecule has 0 radical (unpaired) electrons. The molecule has 2 unspecified atom stereocenters. The van der Waals surface area contributed by atoms with Crippen molar-refractivity contribution < 1.29 is 4.39 Å². The maximum atomic E-state index is 13.7. The smallest absolute Gasteiger partial charge is 0.146 e. The molecule has 0 amide bonds. The number of rotatable bonds is 3. The van der Waals surface area contributed by atoms with Gasteiger partial charge in [0.25, 0.3) is 0 Å². The molecule has 1 saturated heterocycles. The first-order chi connectivity index (χ1) is 8.63. The standard InChI is InChI=1S/C15H21FN2/c1-10-3-6-14(16)15(7-10)17-12-8-11(2)18(9-12)13-4-5-13/h3,6-7,11-13,17H,4-5,8-9H2,1-2H3. The SMILES string of the molecule is Cc1ccc(F)c(NC2CC(C)N(C3CC3)C2)c1. The van der Waals surface area contributed by atoms with Crippen LogP contribution in [-0.4, -0.2) is 29.6 Å². The van der Waals surface area contributed by atoms with Crippen LogP contribution in [0.3, 0.4) is 0 Å². The molecule has 2 fully saturated rings. The van der Waals surface area contributed by atoms with Crippen LogP contribution in [0.5, 0.6) is 0 Å². The molecule has 1 aliphatic heterocycles. The van der Waals surface area contributed by atoms with Crippen molar-refractivity contribution >= 4 is 5.69 Å². The molecule has 0 spiro atoms. The number of likely N-dealkylation sites (tertiary alicyclic amines) is 1. The summed E-state index contributed by atoms with van der Waals surface area (Å²) in [5.41, 5.74) is 1.76. The molecule has 3 heteroatoms. The van der Waals surface area contributed by atoms with Gasteiger partial charge in [0, 0.05) is 24.7 Å². The minimum absolute atomic E-state index is 0.141. The number of hydrogen-bond acceptors (Lipinski definition) is 2. The summed E-state index contributed by atoms with van der Waals surface area (Å²) in [4.78, 5) is 2.57. The van der Waals surface area contributed by atoms with Crippen molar-refractivity contribution in [3.8, 4) is 0 Å². The molecule has 2 nitrogen and oxygen atoms in total. The summed E-state index contributed by atoms with van der Waals surface area (Å²) in [5, 5.41) is 3.38. The van der Waals surface area contributed by atoms with E-state index >= 15 is 0 Å². The van der Waals surface area contributed by atoms with E-state index in [9.17, 15) is 4.39 Å². The van der Waals surface area contributed by atoms with Gasteiger partial charge in [0.2, 0.25) is 0 Å². The topological polar surface area (TPSA) is 15.3 Å². The largest absolute Gasteiger partial charge is 0.379 e. The average molecular weight is 248 g/mol. The van der Waals surface area contributed by atoms with Gasteiger partial charge in [-0.3, -0.25) is 4.90 Å². The third kappa shape index (κ3) is 2.37. The lowest BCUT2D eigenvalue weighted by Gasteiger charge is -2.20. The summed E-state index contributed by atoms with van der Waals surface area (Å²) in [5.74, 6) is -0.141. The van der Waals surface area contributed by atoms with Crippen molar-refractivity contribution in [1.29, 1.82) is 0 Å². The molecule has 0 aromatic heterocycles. The van der Waals surface area contributed by atoms with Crippen LogP contribution in [0.15, 0.2) is 18.2 Å². The quantitative estimate of drug-likeness (QED) is 0.884. The van der Waals surface area contributed by atoms with Crippen molar-refractivity contribution in [3.63, 3.8) is 0 Å². The van der Waals surface area contributed by atoms with Gasteiger partial charge < -0.3 is 5.32 Å². The van der Waals surface area contributed by atoms with Gasteiger partial charge in [-0.15, -0.1) is 0 Å². The Morgan fingerprint density at radius 1 is 1.33 bits per heavy atom. The molecule has 18 heavy (non-hydrogen) atoms. The lowest BCUT2D eigenvalue weighted by Crippen LogP contribution is -2.31. The Labute approximate surface area is 108 Å². The molecule has 2 atom stereocenters.